The number of amides is 1. The Bertz CT molecular complexity index is 1110. The zero-order valence-electron chi connectivity index (χ0n) is 14.8. The Morgan fingerprint density at radius 1 is 0.821 bits per heavy atom. The van der Waals surface area contributed by atoms with Crippen molar-refractivity contribution < 1.29 is 15.0 Å². The molecule has 3 aromatic carbocycles. The number of aromatic amines is 1. The van der Waals surface area contributed by atoms with Gasteiger partial charge in [0.1, 0.15) is 0 Å². The molecule has 28 heavy (non-hydrogen) atoms. The van der Waals surface area contributed by atoms with E-state index < -0.39 is 11.5 Å². The third-order valence-corrected chi connectivity index (χ3v) is 4.59. The number of carbonyl (C=O) groups is 1. The molecule has 4 rings (SSSR count). The van der Waals surface area contributed by atoms with Crippen molar-refractivity contribution in [2.45, 2.75) is 5.60 Å². The van der Waals surface area contributed by atoms with E-state index in [1.165, 1.54) is 0 Å². The van der Waals surface area contributed by atoms with Gasteiger partial charge in [-0.05, 0) is 17.2 Å². The maximum atomic E-state index is 13.0. The minimum atomic E-state index is -1.99. The fourth-order valence-electron chi connectivity index (χ4n) is 3.15. The van der Waals surface area contributed by atoms with E-state index in [1.54, 1.807) is 78.9 Å². The molecular formula is C22H17N3O3. The number of nitrogens with one attached hydrogen (secondary N) is 1. The zero-order valence-corrected chi connectivity index (χ0v) is 14.8. The molecular weight excluding hydrogens is 354 g/mol. The van der Waals surface area contributed by atoms with Gasteiger partial charge in [-0.25, -0.2) is 0 Å². The summed E-state index contributed by atoms with van der Waals surface area (Å²) >= 11 is 0. The minimum Gasteiger partial charge on any atom is -0.493 e. The minimum absolute atomic E-state index is 0.146. The first-order valence-electron chi connectivity index (χ1n) is 8.70. The first-order valence-corrected chi connectivity index (χ1v) is 8.70. The van der Waals surface area contributed by atoms with Crippen molar-refractivity contribution >= 4 is 22.5 Å². The van der Waals surface area contributed by atoms with Crippen LogP contribution in [-0.2, 0) is 10.4 Å². The lowest BCUT2D eigenvalue weighted by Gasteiger charge is -2.25. The number of aliphatic hydroxyl groups is 1. The van der Waals surface area contributed by atoms with E-state index in [2.05, 4.69) is 15.2 Å². The van der Waals surface area contributed by atoms with Crippen molar-refractivity contribution in [3.8, 4) is 5.88 Å². The lowest BCUT2D eigenvalue weighted by Crippen LogP contribution is -2.35. The molecule has 0 saturated heterocycles. The van der Waals surface area contributed by atoms with Crippen LogP contribution < -0.4 is 0 Å². The van der Waals surface area contributed by atoms with Gasteiger partial charge in [0.15, 0.2) is 11.3 Å². The number of fused-ring (bicyclic) bond motifs is 1. The van der Waals surface area contributed by atoms with Crippen LogP contribution in [0.25, 0.3) is 10.9 Å². The summed E-state index contributed by atoms with van der Waals surface area (Å²) in [5.74, 6) is -1.05. The Morgan fingerprint density at radius 2 is 1.36 bits per heavy atom. The number of para-hydroxylation sites is 1. The quantitative estimate of drug-likeness (QED) is 0.463. The lowest BCUT2D eigenvalue weighted by molar-refractivity contribution is -0.133. The highest BCUT2D eigenvalue weighted by atomic mass is 16.3. The first kappa shape index (κ1) is 17.6. The number of azo groups is 1. The molecule has 0 aliphatic heterocycles. The molecule has 3 N–H and O–H groups in total. The Kier molecular flexibility index (Phi) is 4.47. The maximum absolute atomic E-state index is 13.0. The van der Waals surface area contributed by atoms with Crippen LogP contribution in [0.1, 0.15) is 11.1 Å². The van der Waals surface area contributed by atoms with Crippen LogP contribution in [0.3, 0.4) is 0 Å². The largest absolute Gasteiger partial charge is 0.493 e. The van der Waals surface area contributed by atoms with Gasteiger partial charge in [-0.15, -0.1) is 10.2 Å². The van der Waals surface area contributed by atoms with Crippen LogP contribution in [-0.4, -0.2) is 21.1 Å². The van der Waals surface area contributed by atoms with Gasteiger partial charge in [-0.1, -0.05) is 78.9 Å². The summed E-state index contributed by atoms with van der Waals surface area (Å²) in [6, 6.07) is 24.3. The van der Waals surface area contributed by atoms with E-state index in [1.807, 2.05) is 6.07 Å². The maximum Gasteiger partial charge on any atom is 0.305 e. The van der Waals surface area contributed by atoms with Gasteiger partial charge in [0.2, 0.25) is 5.88 Å². The fourth-order valence-corrected chi connectivity index (χ4v) is 3.15. The second-order valence-electron chi connectivity index (χ2n) is 6.32. The summed E-state index contributed by atoms with van der Waals surface area (Å²) in [5, 5.41) is 29.8. The number of hydrogen-bond donors (Lipinski definition) is 3. The van der Waals surface area contributed by atoms with E-state index in [9.17, 15) is 15.0 Å². The smallest absolute Gasteiger partial charge is 0.305 e. The van der Waals surface area contributed by atoms with Crippen LogP contribution >= 0.6 is 0 Å². The first-order chi connectivity index (χ1) is 13.6. The van der Waals surface area contributed by atoms with E-state index in [0.717, 1.165) is 0 Å². The van der Waals surface area contributed by atoms with Crippen molar-refractivity contribution in [1.82, 2.24) is 4.98 Å². The zero-order chi connectivity index (χ0) is 19.6. The highest BCUT2D eigenvalue weighted by Crippen LogP contribution is 2.36. The molecule has 0 fully saturated rings. The third kappa shape index (κ3) is 2.95. The molecule has 138 valence electrons. The second-order valence-corrected chi connectivity index (χ2v) is 6.32. The highest BCUT2D eigenvalue weighted by molar-refractivity contribution is 5.95. The van der Waals surface area contributed by atoms with Crippen LogP contribution in [0.2, 0.25) is 0 Å². The highest BCUT2D eigenvalue weighted by Gasteiger charge is 2.40. The van der Waals surface area contributed by atoms with Crippen molar-refractivity contribution in [1.29, 1.82) is 0 Å². The molecule has 0 unspecified atom stereocenters. The predicted molar refractivity (Wildman–Crippen MR) is 105 cm³/mol. The van der Waals surface area contributed by atoms with Gasteiger partial charge in [0.05, 0.1) is 5.52 Å². The number of nitrogens with zero attached hydrogens (tertiary/aromatic N) is 2. The van der Waals surface area contributed by atoms with Crippen LogP contribution in [0.15, 0.2) is 95.2 Å². The summed E-state index contributed by atoms with van der Waals surface area (Å²) in [7, 11) is 0. The average Bonchev–Trinajstić information content (AvgIpc) is 3.07. The summed E-state index contributed by atoms with van der Waals surface area (Å²) in [4.78, 5) is 15.8. The van der Waals surface area contributed by atoms with Gasteiger partial charge < -0.3 is 15.2 Å². The molecule has 1 heterocycles. The number of H-pyrrole nitrogens is 1. The molecule has 6 nitrogen and oxygen atoms in total. The lowest BCUT2D eigenvalue weighted by atomic mass is 9.86. The van der Waals surface area contributed by atoms with Crippen molar-refractivity contribution in [3.63, 3.8) is 0 Å². The molecule has 0 aliphatic rings. The second kappa shape index (κ2) is 7.09. The van der Waals surface area contributed by atoms with E-state index in [4.69, 9.17) is 0 Å². The van der Waals surface area contributed by atoms with E-state index >= 15 is 0 Å². The summed E-state index contributed by atoms with van der Waals surface area (Å²) < 4.78 is 0. The normalized spacial score (nSPS) is 11.9. The molecule has 0 spiro atoms. The van der Waals surface area contributed by atoms with E-state index in [-0.39, 0.29) is 11.6 Å². The number of carbonyl (C=O) groups excluding carboxylic acids is 1. The van der Waals surface area contributed by atoms with Crippen LogP contribution in [0.5, 0.6) is 5.88 Å². The summed E-state index contributed by atoms with van der Waals surface area (Å²) in [6.07, 6.45) is 0. The topological polar surface area (TPSA) is 98.0 Å². The monoisotopic (exact) mass is 371 g/mol. The van der Waals surface area contributed by atoms with E-state index in [0.29, 0.717) is 22.0 Å². The Labute approximate surface area is 160 Å². The number of benzene rings is 3. The van der Waals surface area contributed by atoms with Crippen LogP contribution in [0.4, 0.5) is 5.69 Å². The third-order valence-electron chi connectivity index (χ3n) is 4.59. The number of aromatic nitrogens is 1. The molecule has 0 aliphatic carbocycles. The molecule has 0 radical (unpaired) electrons. The molecule has 1 aromatic heterocycles. The molecule has 0 saturated carbocycles. The van der Waals surface area contributed by atoms with Gasteiger partial charge >= 0.3 is 5.91 Å². The average molecular weight is 371 g/mol. The molecule has 0 atom stereocenters. The molecule has 4 aromatic rings. The molecule has 0 bridgehead atoms. The van der Waals surface area contributed by atoms with Crippen molar-refractivity contribution in [2.75, 3.05) is 0 Å². The Morgan fingerprint density at radius 3 is 1.96 bits per heavy atom. The van der Waals surface area contributed by atoms with Gasteiger partial charge in [0, 0.05) is 5.39 Å². The van der Waals surface area contributed by atoms with Gasteiger partial charge in [-0.3, -0.25) is 4.79 Å². The Balaban J connectivity index is 1.78. The Hall–Kier alpha value is -3.77. The van der Waals surface area contributed by atoms with Crippen molar-refractivity contribution in [3.05, 3.63) is 96.1 Å². The van der Waals surface area contributed by atoms with Crippen LogP contribution in [0, 0.1) is 0 Å². The summed E-state index contributed by atoms with van der Waals surface area (Å²) in [6.45, 7) is 0. The number of aromatic hydroxyl groups is 1. The molecule has 6 heteroatoms. The molecule has 1 amide bonds. The van der Waals surface area contributed by atoms with Gasteiger partial charge in [0.25, 0.3) is 0 Å². The SMILES string of the molecule is O=C(N=Nc1c(O)[nH]c2ccccc12)C(O)(c1ccccc1)c1ccccc1. The fraction of sp³-hybridized carbons (Fsp3) is 0.0455. The standard InChI is InChI=1S/C22H17N3O3/c26-20-19(17-13-7-8-14-18(17)23-20)24-25-21(27)22(28,15-9-3-1-4-10-15)16-11-5-2-6-12-16/h1-14,23,26,28H. The van der Waals surface area contributed by atoms with Gasteiger partial charge in [-0.2, -0.15) is 0 Å². The van der Waals surface area contributed by atoms with Crippen molar-refractivity contribution in [2.24, 2.45) is 10.2 Å². The predicted octanol–water partition coefficient (Wildman–Crippen LogP) is 4.42. The number of rotatable bonds is 4. The summed E-state index contributed by atoms with van der Waals surface area (Å²) in [5.41, 5.74) is -0.412. The number of hydrogen-bond acceptors (Lipinski definition) is 4.